The number of rotatable bonds is 4. The molecule has 3 atom stereocenters. The zero-order chi connectivity index (χ0) is 16.5. The fraction of sp³-hybridized carbons (Fsp3) is 0.550. The summed E-state index contributed by atoms with van der Waals surface area (Å²) < 4.78 is 0. The van der Waals surface area contributed by atoms with E-state index in [0.717, 1.165) is 31.6 Å². The molecule has 0 amide bonds. The molecule has 4 rings (SSSR count). The van der Waals surface area contributed by atoms with Crippen LogP contribution in [0, 0.1) is 6.92 Å². The molecule has 2 N–H and O–H groups in total. The number of fused-ring (bicyclic) bond motifs is 1. The van der Waals surface area contributed by atoms with Crippen LogP contribution in [0.2, 0.25) is 0 Å². The highest BCUT2D eigenvalue weighted by molar-refractivity contribution is 5.79. The molecule has 4 heteroatoms. The number of β-amino-alcohol motifs (C(OH)–C–C–N with tert-alkyl or cyclic N) is 1. The van der Waals surface area contributed by atoms with Gasteiger partial charge in [-0.15, -0.1) is 0 Å². The maximum Gasteiger partial charge on any atom is 0.0702 e. The number of hydrogen-bond donors (Lipinski definition) is 2. The molecule has 2 aliphatic rings. The van der Waals surface area contributed by atoms with Gasteiger partial charge in [-0.25, -0.2) is 0 Å². The van der Waals surface area contributed by atoms with E-state index in [1.54, 1.807) is 0 Å². The highest BCUT2D eigenvalue weighted by Crippen LogP contribution is 2.27. The second-order valence-corrected chi connectivity index (χ2v) is 7.46. The molecule has 1 saturated heterocycles. The molecule has 1 aliphatic heterocycles. The molecule has 4 nitrogen and oxygen atoms in total. The molecule has 1 aromatic heterocycles. The molecule has 2 fully saturated rings. The Morgan fingerprint density at radius 1 is 1.25 bits per heavy atom. The number of aromatic nitrogens is 1. The van der Waals surface area contributed by atoms with Crippen molar-refractivity contribution >= 4 is 10.9 Å². The van der Waals surface area contributed by atoms with Crippen molar-refractivity contribution in [2.45, 2.75) is 57.3 Å². The minimum atomic E-state index is -0.126. The van der Waals surface area contributed by atoms with Crippen molar-refractivity contribution in [3.05, 3.63) is 41.6 Å². The smallest absolute Gasteiger partial charge is 0.0702 e. The zero-order valence-corrected chi connectivity index (χ0v) is 14.4. The van der Waals surface area contributed by atoms with E-state index < -0.39 is 0 Å². The van der Waals surface area contributed by atoms with Gasteiger partial charge in [0.1, 0.15) is 0 Å². The van der Waals surface area contributed by atoms with Crippen molar-refractivity contribution in [3.63, 3.8) is 0 Å². The number of likely N-dealkylation sites (tertiary alicyclic amines) is 1. The zero-order valence-electron chi connectivity index (χ0n) is 14.4. The van der Waals surface area contributed by atoms with Gasteiger partial charge in [0.2, 0.25) is 0 Å². The summed E-state index contributed by atoms with van der Waals surface area (Å²) in [6, 6.07) is 9.78. The van der Waals surface area contributed by atoms with E-state index in [0.29, 0.717) is 12.1 Å². The first-order chi connectivity index (χ1) is 11.7. The van der Waals surface area contributed by atoms with Gasteiger partial charge in [0, 0.05) is 43.3 Å². The summed E-state index contributed by atoms with van der Waals surface area (Å²) >= 11 is 0. The van der Waals surface area contributed by atoms with E-state index in [2.05, 4.69) is 46.4 Å². The fourth-order valence-corrected chi connectivity index (χ4v) is 4.33. The summed E-state index contributed by atoms with van der Waals surface area (Å²) in [6.45, 7) is 4.88. The number of aliphatic hydroxyl groups excluding tert-OH is 1. The van der Waals surface area contributed by atoms with Gasteiger partial charge >= 0.3 is 0 Å². The number of nitrogens with one attached hydrogen (secondary N) is 1. The van der Waals surface area contributed by atoms with Crippen LogP contribution in [-0.2, 0) is 6.54 Å². The number of aliphatic hydroxyl groups is 1. The Morgan fingerprint density at radius 2 is 2.17 bits per heavy atom. The van der Waals surface area contributed by atoms with Gasteiger partial charge in [0.25, 0.3) is 0 Å². The standard InChI is InChI=1S/C20H27N3O/c1-14-5-6-18-16(9-14)10-15(11-21-18)12-22-19-3-2-4-20(19)23-8-7-17(24)13-23/h5-6,9-11,17,19-20,22,24H,2-4,7-8,12-13H2,1H3/t17?,19-,20+/m1/s1. The summed E-state index contributed by atoms with van der Waals surface area (Å²) in [5.74, 6) is 0. The van der Waals surface area contributed by atoms with Crippen molar-refractivity contribution in [2.24, 2.45) is 0 Å². The van der Waals surface area contributed by atoms with E-state index in [1.165, 1.54) is 35.8 Å². The molecular formula is C20H27N3O. The van der Waals surface area contributed by atoms with Crippen molar-refractivity contribution < 1.29 is 5.11 Å². The van der Waals surface area contributed by atoms with Crippen molar-refractivity contribution in [1.82, 2.24) is 15.2 Å². The highest BCUT2D eigenvalue weighted by atomic mass is 16.3. The van der Waals surface area contributed by atoms with E-state index in [4.69, 9.17) is 0 Å². The topological polar surface area (TPSA) is 48.4 Å². The van der Waals surface area contributed by atoms with E-state index in [9.17, 15) is 5.11 Å². The van der Waals surface area contributed by atoms with Gasteiger partial charge in [-0.05, 0) is 49.9 Å². The monoisotopic (exact) mass is 325 g/mol. The van der Waals surface area contributed by atoms with Crippen LogP contribution < -0.4 is 5.32 Å². The lowest BCUT2D eigenvalue weighted by molar-refractivity contribution is 0.150. The molecule has 24 heavy (non-hydrogen) atoms. The Bertz CT molecular complexity index is 717. The van der Waals surface area contributed by atoms with E-state index in [1.807, 2.05) is 6.20 Å². The molecule has 0 spiro atoms. The minimum Gasteiger partial charge on any atom is -0.392 e. The number of nitrogens with zero attached hydrogens (tertiary/aromatic N) is 2. The Labute approximate surface area is 143 Å². The molecule has 1 unspecified atom stereocenters. The van der Waals surface area contributed by atoms with Gasteiger partial charge in [-0.1, -0.05) is 18.1 Å². The number of benzene rings is 1. The average Bonchev–Trinajstić information content (AvgIpc) is 3.20. The van der Waals surface area contributed by atoms with Crippen molar-refractivity contribution in [2.75, 3.05) is 13.1 Å². The number of aryl methyl sites for hydroxylation is 1. The lowest BCUT2D eigenvalue weighted by Crippen LogP contribution is -2.46. The van der Waals surface area contributed by atoms with E-state index >= 15 is 0 Å². The molecular weight excluding hydrogens is 298 g/mol. The first kappa shape index (κ1) is 16.0. The summed E-state index contributed by atoms with van der Waals surface area (Å²) in [5.41, 5.74) is 3.59. The molecule has 0 bridgehead atoms. The van der Waals surface area contributed by atoms with Crippen LogP contribution >= 0.6 is 0 Å². The quantitative estimate of drug-likeness (QED) is 0.907. The lowest BCUT2D eigenvalue weighted by Gasteiger charge is -2.30. The maximum absolute atomic E-state index is 9.81. The molecule has 2 heterocycles. The summed E-state index contributed by atoms with van der Waals surface area (Å²) in [7, 11) is 0. The van der Waals surface area contributed by atoms with Crippen LogP contribution in [-0.4, -0.2) is 46.3 Å². The molecule has 1 aromatic carbocycles. The highest BCUT2D eigenvalue weighted by Gasteiger charge is 2.35. The predicted molar refractivity (Wildman–Crippen MR) is 96.9 cm³/mol. The van der Waals surface area contributed by atoms with E-state index in [-0.39, 0.29) is 6.10 Å². The molecule has 2 aromatic rings. The molecule has 128 valence electrons. The molecule has 1 saturated carbocycles. The number of pyridine rings is 1. The maximum atomic E-state index is 9.81. The SMILES string of the molecule is Cc1ccc2ncc(CN[C@@H]3CCC[C@@H]3N3CCC(O)C3)cc2c1. The Hall–Kier alpha value is -1.49. The minimum absolute atomic E-state index is 0.126. The first-order valence-electron chi connectivity index (χ1n) is 9.20. The average molecular weight is 325 g/mol. The second kappa shape index (κ2) is 6.79. The lowest BCUT2D eigenvalue weighted by atomic mass is 10.1. The Kier molecular flexibility index (Phi) is 4.53. The van der Waals surface area contributed by atoms with Gasteiger partial charge in [-0.3, -0.25) is 9.88 Å². The largest absolute Gasteiger partial charge is 0.392 e. The Morgan fingerprint density at radius 3 is 3.00 bits per heavy atom. The summed E-state index contributed by atoms with van der Waals surface area (Å²) in [5, 5.41) is 14.8. The predicted octanol–water partition coefficient (Wildman–Crippen LogP) is 2.62. The molecule has 0 radical (unpaired) electrons. The van der Waals surface area contributed by atoms with Crippen LogP contribution in [0.25, 0.3) is 10.9 Å². The second-order valence-electron chi connectivity index (χ2n) is 7.46. The first-order valence-corrected chi connectivity index (χ1v) is 9.20. The third-order valence-corrected chi connectivity index (χ3v) is 5.61. The summed E-state index contributed by atoms with van der Waals surface area (Å²) in [4.78, 5) is 7.07. The third kappa shape index (κ3) is 3.32. The Balaban J connectivity index is 1.42. The van der Waals surface area contributed by atoms with Crippen LogP contribution in [0.15, 0.2) is 30.5 Å². The van der Waals surface area contributed by atoms with Crippen LogP contribution in [0.5, 0.6) is 0 Å². The van der Waals surface area contributed by atoms with Gasteiger partial charge in [-0.2, -0.15) is 0 Å². The van der Waals surface area contributed by atoms with Gasteiger partial charge in [0.05, 0.1) is 11.6 Å². The van der Waals surface area contributed by atoms with Crippen LogP contribution in [0.3, 0.4) is 0 Å². The van der Waals surface area contributed by atoms with Crippen LogP contribution in [0.4, 0.5) is 0 Å². The molecule has 1 aliphatic carbocycles. The normalized spacial score (nSPS) is 28.0. The van der Waals surface area contributed by atoms with Gasteiger partial charge in [0.15, 0.2) is 0 Å². The van der Waals surface area contributed by atoms with Crippen molar-refractivity contribution in [3.8, 4) is 0 Å². The third-order valence-electron chi connectivity index (χ3n) is 5.61. The van der Waals surface area contributed by atoms with Crippen molar-refractivity contribution in [1.29, 1.82) is 0 Å². The number of hydrogen-bond acceptors (Lipinski definition) is 4. The fourth-order valence-electron chi connectivity index (χ4n) is 4.33. The van der Waals surface area contributed by atoms with Crippen LogP contribution in [0.1, 0.15) is 36.8 Å². The van der Waals surface area contributed by atoms with Gasteiger partial charge < -0.3 is 10.4 Å². The summed E-state index contributed by atoms with van der Waals surface area (Å²) in [6.07, 6.45) is 6.56.